The molecule has 1 heterocycles. The predicted molar refractivity (Wildman–Crippen MR) is 129 cm³/mol. The van der Waals surface area contributed by atoms with Crippen molar-refractivity contribution in [3.05, 3.63) is 69.7 Å². The van der Waals surface area contributed by atoms with Crippen LogP contribution in [0.25, 0.3) is 0 Å². The van der Waals surface area contributed by atoms with Crippen LogP contribution in [0, 0.1) is 0 Å². The molecule has 0 amide bonds. The zero-order valence-corrected chi connectivity index (χ0v) is 20.3. The molecule has 0 saturated carbocycles. The predicted octanol–water partition coefficient (Wildman–Crippen LogP) is 5.36. The van der Waals surface area contributed by atoms with E-state index in [1.165, 1.54) is 0 Å². The van der Waals surface area contributed by atoms with Crippen molar-refractivity contribution in [3.8, 4) is 0 Å². The van der Waals surface area contributed by atoms with E-state index in [1.807, 2.05) is 48.5 Å². The summed E-state index contributed by atoms with van der Waals surface area (Å²) in [5.41, 5.74) is 2.09. The van der Waals surface area contributed by atoms with Gasteiger partial charge < -0.3 is 20.5 Å². The molecule has 0 bridgehead atoms. The van der Waals surface area contributed by atoms with Crippen LogP contribution in [-0.4, -0.2) is 41.5 Å². The van der Waals surface area contributed by atoms with Gasteiger partial charge in [0.1, 0.15) is 6.10 Å². The summed E-state index contributed by atoms with van der Waals surface area (Å²) in [6.07, 6.45) is 1.12. The summed E-state index contributed by atoms with van der Waals surface area (Å²) in [5, 5.41) is 19.2. The summed E-state index contributed by atoms with van der Waals surface area (Å²) in [6, 6.07) is 15.5. The second-order valence-electron chi connectivity index (χ2n) is 9.88. The summed E-state index contributed by atoms with van der Waals surface area (Å²) in [5.74, 6) is 0. The molecule has 0 radical (unpaired) electrons. The van der Waals surface area contributed by atoms with Crippen molar-refractivity contribution in [2.75, 3.05) is 13.2 Å². The number of ether oxygens (including phenoxy) is 1. The Kier molecular flexibility index (Phi) is 8.06. The van der Waals surface area contributed by atoms with E-state index in [-0.39, 0.29) is 23.8 Å². The van der Waals surface area contributed by atoms with Gasteiger partial charge in [-0.3, -0.25) is 0 Å². The van der Waals surface area contributed by atoms with Crippen LogP contribution >= 0.6 is 23.2 Å². The van der Waals surface area contributed by atoms with Gasteiger partial charge in [0, 0.05) is 33.7 Å². The Hall–Kier alpha value is -1.14. The van der Waals surface area contributed by atoms with Crippen LogP contribution in [0.4, 0.5) is 0 Å². The van der Waals surface area contributed by atoms with Crippen molar-refractivity contribution in [1.29, 1.82) is 0 Å². The topological polar surface area (TPSA) is 53.5 Å². The Morgan fingerprint density at radius 3 is 1.84 bits per heavy atom. The first-order valence-corrected chi connectivity index (χ1v) is 11.6. The fraction of sp³-hybridized carbons (Fsp3) is 0.520. The Labute approximate surface area is 196 Å². The molecule has 0 aromatic heterocycles. The zero-order chi connectivity index (χ0) is 22.6. The molecule has 3 rings (SSSR count). The van der Waals surface area contributed by atoms with E-state index in [9.17, 15) is 5.11 Å². The van der Waals surface area contributed by atoms with Crippen molar-refractivity contribution in [2.45, 2.75) is 69.9 Å². The molecule has 2 aromatic carbocycles. The van der Waals surface area contributed by atoms with E-state index in [0.29, 0.717) is 22.6 Å². The maximum atomic E-state index is 10.6. The van der Waals surface area contributed by atoms with Crippen molar-refractivity contribution in [2.24, 2.45) is 0 Å². The molecule has 3 N–H and O–H groups in total. The van der Waals surface area contributed by atoms with Crippen LogP contribution < -0.4 is 10.6 Å². The van der Waals surface area contributed by atoms with Gasteiger partial charge >= 0.3 is 0 Å². The molecule has 1 atom stereocenters. The van der Waals surface area contributed by atoms with Gasteiger partial charge in [0.15, 0.2) is 0 Å². The summed E-state index contributed by atoms with van der Waals surface area (Å²) in [6.45, 7) is 9.62. The smallest absolute Gasteiger partial charge is 0.108 e. The monoisotopic (exact) mass is 464 g/mol. The minimum atomic E-state index is -0.608. The summed E-state index contributed by atoms with van der Waals surface area (Å²) < 4.78 is 6.19. The highest BCUT2D eigenvalue weighted by molar-refractivity contribution is 6.30. The molecule has 1 unspecified atom stereocenters. The van der Waals surface area contributed by atoms with Crippen molar-refractivity contribution in [1.82, 2.24) is 10.6 Å². The van der Waals surface area contributed by atoms with Gasteiger partial charge in [0.25, 0.3) is 0 Å². The van der Waals surface area contributed by atoms with Crippen molar-refractivity contribution < 1.29 is 9.84 Å². The number of nitrogens with one attached hydrogen (secondary N) is 2. The molecule has 1 saturated heterocycles. The van der Waals surface area contributed by atoms with Crippen molar-refractivity contribution in [3.63, 3.8) is 0 Å². The number of hydrogen-bond donors (Lipinski definition) is 3. The van der Waals surface area contributed by atoms with E-state index < -0.39 is 6.10 Å². The standard InChI is InChI=1S/C25H34Cl2N2O2/c1-24(2)13-21(14-25(3,4)29-24)28-15-22(30)16-31-23(17-5-9-19(26)10-6-17)18-7-11-20(27)12-8-18/h5-12,21-23,28-30H,13-16H2,1-4H3. The largest absolute Gasteiger partial charge is 0.389 e. The van der Waals surface area contributed by atoms with Crippen LogP contribution in [0.1, 0.15) is 57.8 Å². The Morgan fingerprint density at radius 2 is 1.39 bits per heavy atom. The van der Waals surface area contributed by atoms with Gasteiger partial charge in [-0.05, 0) is 75.9 Å². The SMILES string of the molecule is CC1(C)CC(NCC(O)COC(c2ccc(Cl)cc2)c2ccc(Cl)cc2)CC(C)(C)N1. The minimum Gasteiger partial charge on any atom is -0.389 e. The van der Waals surface area contributed by atoms with Gasteiger partial charge in [-0.2, -0.15) is 0 Å². The molecule has 6 heteroatoms. The van der Waals surface area contributed by atoms with Crippen LogP contribution in [0.3, 0.4) is 0 Å². The third kappa shape index (κ3) is 7.45. The number of rotatable bonds is 8. The maximum Gasteiger partial charge on any atom is 0.108 e. The molecule has 0 spiro atoms. The molecule has 31 heavy (non-hydrogen) atoms. The van der Waals surface area contributed by atoms with Gasteiger partial charge in [-0.15, -0.1) is 0 Å². The summed E-state index contributed by atoms with van der Waals surface area (Å²) in [4.78, 5) is 0. The summed E-state index contributed by atoms with van der Waals surface area (Å²) >= 11 is 12.1. The van der Waals surface area contributed by atoms with Crippen LogP contribution in [0.5, 0.6) is 0 Å². The lowest BCUT2D eigenvalue weighted by atomic mass is 9.79. The quantitative estimate of drug-likeness (QED) is 0.492. The number of aliphatic hydroxyl groups is 1. The molecule has 1 fully saturated rings. The average Bonchev–Trinajstić information content (AvgIpc) is 2.67. The van der Waals surface area contributed by atoms with Crippen LogP contribution in [0.2, 0.25) is 10.0 Å². The number of piperidine rings is 1. The van der Waals surface area contributed by atoms with E-state index in [0.717, 1.165) is 24.0 Å². The lowest BCUT2D eigenvalue weighted by molar-refractivity contribution is 0.00380. The minimum absolute atomic E-state index is 0.0646. The Balaban J connectivity index is 1.60. The third-order valence-corrected chi connectivity index (χ3v) is 6.14. The summed E-state index contributed by atoms with van der Waals surface area (Å²) in [7, 11) is 0. The second kappa shape index (κ2) is 10.2. The van der Waals surface area contributed by atoms with Gasteiger partial charge in [0.2, 0.25) is 0 Å². The molecular formula is C25H34Cl2N2O2. The van der Waals surface area contributed by atoms with Crippen LogP contribution in [-0.2, 0) is 4.74 Å². The van der Waals surface area contributed by atoms with E-state index in [4.69, 9.17) is 27.9 Å². The number of hydrogen-bond acceptors (Lipinski definition) is 4. The van der Waals surface area contributed by atoms with Crippen molar-refractivity contribution >= 4 is 23.2 Å². The lowest BCUT2D eigenvalue weighted by Crippen LogP contribution is -2.62. The number of aliphatic hydroxyl groups excluding tert-OH is 1. The van der Waals surface area contributed by atoms with E-state index >= 15 is 0 Å². The molecule has 1 aliphatic heterocycles. The van der Waals surface area contributed by atoms with Gasteiger partial charge in [-0.25, -0.2) is 0 Å². The fourth-order valence-corrected chi connectivity index (χ4v) is 4.95. The molecular weight excluding hydrogens is 431 g/mol. The second-order valence-corrected chi connectivity index (χ2v) is 10.7. The van der Waals surface area contributed by atoms with Gasteiger partial charge in [-0.1, -0.05) is 47.5 Å². The average molecular weight is 465 g/mol. The van der Waals surface area contributed by atoms with Gasteiger partial charge in [0.05, 0.1) is 12.7 Å². The molecule has 170 valence electrons. The molecule has 4 nitrogen and oxygen atoms in total. The molecule has 0 aliphatic carbocycles. The van der Waals surface area contributed by atoms with E-state index in [1.54, 1.807) is 0 Å². The lowest BCUT2D eigenvalue weighted by Gasteiger charge is -2.47. The number of benzene rings is 2. The zero-order valence-electron chi connectivity index (χ0n) is 18.8. The first kappa shape index (κ1) is 24.5. The van der Waals surface area contributed by atoms with E-state index in [2.05, 4.69) is 38.3 Å². The Bertz CT molecular complexity index is 776. The van der Waals surface area contributed by atoms with Crippen LogP contribution in [0.15, 0.2) is 48.5 Å². The molecule has 2 aromatic rings. The highest BCUT2D eigenvalue weighted by atomic mass is 35.5. The normalized spacial score (nSPS) is 19.5. The maximum absolute atomic E-state index is 10.6. The first-order valence-electron chi connectivity index (χ1n) is 10.9. The Morgan fingerprint density at radius 1 is 0.935 bits per heavy atom. The first-order chi connectivity index (χ1) is 14.5. The third-order valence-electron chi connectivity index (χ3n) is 5.63. The highest BCUT2D eigenvalue weighted by Gasteiger charge is 2.37. The highest BCUT2D eigenvalue weighted by Crippen LogP contribution is 2.30. The molecule has 1 aliphatic rings. The number of halogens is 2. The fourth-order valence-electron chi connectivity index (χ4n) is 4.70.